The van der Waals surface area contributed by atoms with Gasteiger partial charge in [0.05, 0.1) is 5.69 Å². The lowest BCUT2D eigenvalue weighted by atomic mass is 9.75. The van der Waals surface area contributed by atoms with E-state index in [9.17, 15) is 0 Å². The van der Waals surface area contributed by atoms with Gasteiger partial charge in [-0.2, -0.15) is 0 Å². The van der Waals surface area contributed by atoms with Crippen LogP contribution in [-0.2, 0) is 0 Å². The van der Waals surface area contributed by atoms with Crippen molar-refractivity contribution in [2.45, 2.75) is 62.7 Å². The molecule has 0 radical (unpaired) electrons. The quantitative estimate of drug-likeness (QED) is 0.434. The maximum absolute atomic E-state index is 4.88. The number of aromatic nitrogens is 1. The van der Waals surface area contributed by atoms with Gasteiger partial charge in [-0.25, -0.2) is 0 Å². The molecule has 0 bridgehead atoms. The van der Waals surface area contributed by atoms with Crippen LogP contribution in [0.2, 0.25) is 0 Å². The zero-order valence-corrected chi connectivity index (χ0v) is 17.0. The Bertz CT molecular complexity index is 778. The monoisotopic (exact) mass is 375 g/mol. The predicted molar refractivity (Wildman–Crippen MR) is 116 cm³/mol. The molecule has 1 saturated carbocycles. The Morgan fingerprint density at radius 3 is 2.41 bits per heavy atom. The van der Waals surface area contributed by atoms with Gasteiger partial charge in [0.1, 0.15) is 0 Å². The molecular weight excluding hydrogens is 345 g/mol. The molecule has 140 valence electrons. The molecule has 0 spiro atoms. The molecule has 1 saturated heterocycles. The zero-order valence-electron chi connectivity index (χ0n) is 16.1. The van der Waals surface area contributed by atoms with Gasteiger partial charge < -0.3 is 0 Å². The van der Waals surface area contributed by atoms with E-state index in [1.165, 1.54) is 57.1 Å². The van der Waals surface area contributed by atoms with E-state index >= 15 is 0 Å². The third-order valence-corrected chi connectivity index (χ3v) is 10.4. The molecule has 1 aliphatic heterocycles. The maximum Gasteiger partial charge on any atom is 0.0521 e. The summed E-state index contributed by atoms with van der Waals surface area (Å²) in [5.41, 5.74) is 4.48. The van der Waals surface area contributed by atoms with Crippen molar-refractivity contribution < 1.29 is 0 Å². The van der Waals surface area contributed by atoms with Crippen LogP contribution in [-0.4, -0.2) is 10.6 Å². The molecule has 2 fully saturated rings. The van der Waals surface area contributed by atoms with E-state index in [4.69, 9.17) is 4.98 Å². The molecule has 27 heavy (non-hydrogen) atoms. The maximum atomic E-state index is 4.88. The fourth-order valence-corrected chi connectivity index (χ4v) is 9.96. The molecule has 1 nitrogen and oxygen atoms in total. The summed E-state index contributed by atoms with van der Waals surface area (Å²) in [7, 11) is -0.247. The van der Waals surface area contributed by atoms with Crippen LogP contribution in [0.25, 0.3) is 0 Å². The number of benzene rings is 1. The first kappa shape index (κ1) is 17.6. The van der Waals surface area contributed by atoms with Crippen molar-refractivity contribution in [2.75, 3.05) is 0 Å². The van der Waals surface area contributed by atoms with E-state index in [0.717, 1.165) is 17.5 Å². The van der Waals surface area contributed by atoms with Crippen LogP contribution in [0, 0.1) is 11.8 Å². The second-order valence-electron chi connectivity index (χ2n) is 8.53. The predicted octanol–water partition coefficient (Wildman–Crippen LogP) is 6.62. The van der Waals surface area contributed by atoms with Gasteiger partial charge in [-0.05, 0) is 67.0 Å². The Morgan fingerprint density at radius 2 is 1.63 bits per heavy atom. The minimum Gasteiger partial charge on any atom is -0.260 e. The van der Waals surface area contributed by atoms with Crippen molar-refractivity contribution in [3.05, 3.63) is 72.1 Å². The van der Waals surface area contributed by atoms with Crippen LogP contribution in [0.15, 0.2) is 66.4 Å². The highest BCUT2D eigenvalue weighted by Gasteiger charge is 2.51. The molecule has 1 aromatic carbocycles. The van der Waals surface area contributed by atoms with E-state index in [1.807, 2.05) is 6.20 Å². The molecule has 3 aliphatic rings. The summed E-state index contributed by atoms with van der Waals surface area (Å²) in [6.07, 6.45) is 15.9. The number of fused-ring (bicyclic) bond motifs is 1. The van der Waals surface area contributed by atoms with Gasteiger partial charge in [0.2, 0.25) is 0 Å². The van der Waals surface area contributed by atoms with Crippen LogP contribution < -0.4 is 5.30 Å². The molecule has 0 N–H and O–H groups in total. The summed E-state index contributed by atoms with van der Waals surface area (Å²) < 4.78 is 0. The van der Waals surface area contributed by atoms with E-state index in [1.54, 1.807) is 10.9 Å². The van der Waals surface area contributed by atoms with Crippen molar-refractivity contribution in [2.24, 2.45) is 11.8 Å². The van der Waals surface area contributed by atoms with E-state index in [0.29, 0.717) is 5.66 Å². The molecule has 2 aromatic rings. The van der Waals surface area contributed by atoms with Gasteiger partial charge in [0, 0.05) is 11.9 Å². The van der Waals surface area contributed by atoms with Crippen LogP contribution >= 0.6 is 7.92 Å². The topological polar surface area (TPSA) is 12.9 Å². The first-order valence-electron chi connectivity index (χ1n) is 10.9. The lowest BCUT2D eigenvalue weighted by Crippen LogP contribution is -2.29. The van der Waals surface area contributed by atoms with Gasteiger partial charge in [-0.15, -0.1) is 0 Å². The summed E-state index contributed by atoms with van der Waals surface area (Å²) in [6, 6.07) is 18.0. The first-order chi connectivity index (χ1) is 13.4. The molecular formula is C25H30NP. The standard InChI is InChI=1S/C25H30NP/c1-3-11-19(12-4-1)24-21-15-7-8-16-22(21)25(23-17-9-10-18-26-23)27(24)20-13-5-2-6-14-20/h2,5-6,9-10,13-14,16-19,21,24-25H,1,3-4,7-8,11-12,15H2/t21?,24?,25-,27-/m0/s1. The SMILES string of the molecule is C1=C2C(CCC1)C(C1CCCCC1)[P@](c1ccccc1)[C@@H]2c1ccccn1. The van der Waals surface area contributed by atoms with Gasteiger partial charge in [0.25, 0.3) is 0 Å². The second kappa shape index (κ2) is 7.88. The van der Waals surface area contributed by atoms with Gasteiger partial charge in [-0.1, -0.05) is 75.2 Å². The van der Waals surface area contributed by atoms with Crippen molar-refractivity contribution >= 4 is 13.2 Å². The molecule has 1 aromatic heterocycles. The summed E-state index contributed by atoms with van der Waals surface area (Å²) >= 11 is 0. The van der Waals surface area contributed by atoms with Crippen LogP contribution in [0.4, 0.5) is 0 Å². The molecule has 2 unspecified atom stereocenters. The van der Waals surface area contributed by atoms with Gasteiger partial charge >= 0.3 is 0 Å². The molecule has 4 atom stereocenters. The Hall–Kier alpha value is -1.46. The van der Waals surface area contributed by atoms with Crippen molar-refractivity contribution in [1.29, 1.82) is 0 Å². The molecule has 5 rings (SSSR count). The minimum absolute atomic E-state index is 0.247. The lowest BCUT2D eigenvalue weighted by Gasteiger charge is -2.36. The van der Waals surface area contributed by atoms with E-state index in [2.05, 4.69) is 54.6 Å². The highest BCUT2D eigenvalue weighted by atomic mass is 31.1. The molecule has 2 heterocycles. The van der Waals surface area contributed by atoms with Crippen molar-refractivity contribution in [3.63, 3.8) is 0 Å². The lowest BCUT2D eigenvalue weighted by molar-refractivity contribution is 0.305. The zero-order chi connectivity index (χ0) is 18.1. The number of allylic oxidation sites excluding steroid dienone is 2. The Balaban J connectivity index is 1.64. The smallest absolute Gasteiger partial charge is 0.0521 e. The second-order valence-corrected chi connectivity index (χ2v) is 11.0. The highest BCUT2D eigenvalue weighted by molar-refractivity contribution is 7.67. The largest absolute Gasteiger partial charge is 0.260 e. The number of rotatable bonds is 3. The number of nitrogens with zero attached hydrogens (tertiary/aromatic N) is 1. The van der Waals surface area contributed by atoms with Crippen LogP contribution in [0.1, 0.15) is 62.7 Å². The Morgan fingerprint density at radius 1 is 0.815 bits per heavy atom. The van der Waals surface area contributed by atoms with E-state index < -0.39 is 0 Å². The highest BCUT2D eigenvalue weighted by Crippen LogP contribution is 2.71. The summed E-state index contributed by atoms with van der Waals surface area (Å²) in [5, 5.41) is 1.61. The summed E-state index contributed by atoms with van der Waals surface area (Å²) in [4.78, 5) is 4.88. The Labute approximate surface area is 165 Å². The fourth-order valence-electron chi connectivity index (χ4n) is 5.94. The van der Waals surface area contributed by atoms with Gasteiger partial charge in [-0.3, -0.25) is 4.98 Å². The van der Waals surface area contributed by atoms with Crippen molar-refractivity contribution in [1.82, 2.24) is 4.98 Å². The third-order valence-electron chi connectivity index (χ3n) is 7.01. The number of hydrogen-bond acceptors (Lipinski definition) is 1. The average molecular weight is 375 g/mol. The normalized spacial score (nSPS) is 31.3. The van der Waals surface area contributed by atoms with E-state index in [-0.39, 0.29) is 7.92 Å². The van der Waals surface area contributed by atoms with Crippen LogP contribution in [0.3, 0.4) is 0 Å². The molecule has 2 heteroatoms. The van der Waals surface area contributed by atoms with Gasteiger partial charge in [0.15, 0.2) is 0 Å². The summed E-state index contributed by atoms with van der Waals surface area (Å²) in [5.74, 6) is 1.73. The first-order valence-corrected chi connectivity index (χ1v) is 12.4. The minimum atomic E-state index is -0.247. The number of pyridine rings is 1. The van der Waals surface area contributed by atoms with Crippen molar-refractivity contribution in [3.8, 4) is 0 Å². The number of hydrogen-bond donors (Lipinski definition) is 0. The Kier molecular flexibility index (Phi) is 5.14. The van der Waals surface area contributed by atoms with Crippen LogP contribution in [0.5, 0.6) is 0 Å². The third kappa shape index (κ3) is 3.29. The molecule has 2 aliphatic carbocycles. The fraction of sp³-hybridized carbons (Fsp3) is 0.480. The average Bonchev–Trinajstić information content (AvgIpc) is 3.11. The summed E-state index contributed by atoms with van der Waals surface area (Å²) in [6.45, 7) is 0. The molecule has 0 amide bonds.